The molecule has 3 fully saturated rings. The van der Waals surface area contributed by atoms with Crippen molar-refractivity contribution in [3.05, 3.63) is 29.3 Å². The Morgan fingerprint density at radius 1 is 1.35 bits per heavy atom. The first-order valence-corrected chi connectivity index (χ1v) is 10.0. The molecule has 140 valence electrons. The van der Waals surface area contributed by atoms with Crippen LogP contribution < -0.4 is 4.74 Å². The zero-order chi connectivity index (χ0) is 18.8. The lowest BCUT2D eigenvalue weighted by atomic mass is 9.49. The van der Waals surface area contributed by atoms with Crippen LogP contribution >= 0.6 is 0 Å². The van der Waals surface area contributed by atoms with Crippen LogP contribution in [0.2, 0.25) is 0 Å². The number of hydrogen-bond acceptors (Lipinski definition) is 4. The Bertz CT molecular complexity index is 792. The summed E-state index contributed by atoms with van der Waals surface area (Å²) in [6.07, 6.45) is 6.29. The summed E-state index contributed by atoms with van der Waals surface area (Å²) in [6.45, 7) is 2.14. The Hall–Kier alpha value is -1.39. The Labute approximate surface area is 157 Å². The summed E-state index contributed by atoms with van der Waals surface area (Å²) in [4.78, 5) is 15.3. The molecule has 4 aliphatic rings. The Balaban J connectivity index is 1.73. The number of Topliss-reactive ketones (excluding diaryl/α,β-unsaturated/α-hetero) is 1. The molecule has 0 aromatic heterocycles. The first kappa shape index (κ1) is 15.6. The van der Waals surface area contributed by atoms with Crippen LogP contribution in [0.1, 0.15) is 51.0 Å². The van der Waals surface area contributed by atoms with Gasteiger partial charge in [-0.1, -0.05) is 12.1 Å². The van der Waals surface area contributed by atoms with Crippen LogP contribution in [-0.2, 0) is 21.4 Å². The van der Waals surface area contributed by atoms with Gasteiger partial charge in [-0.15, -0.1) is 0 Å². The average molecular weight is 357 g/mol. The average Bonchev–Trinajstić information content (AvgIpc) is 3.48. The van der Waals surface area contributed by atoms with Gasteiger partial charge in [0.1, 0.15) is 11.5 Å². The minimum Gasteiger partial charge on any atom is -0.496 e. The number of carbonyl (C=O) groups is 1. The van der Waals surface area contributed by atoms with E-state index in [0.29, 0.717) is 24.7 Å². The Kier molecular flexibility index (Phi) is 3.49. The second-order valence-electron chi connectivity index (χ2n) is 8.70. The fraction of sp³-hybridized carbons (Fsp3) is 0.682. The largest absolute Gasteiger partial charge is 0.496 e. The van der Waals surface area contributed by atoms with E-state index >= 15 is 0 Å². The van der Waals surface area contributed by atoms with Crippen LogP contribution in [0.25, 0.3) is 0 Å². The van der Waals surface area contributed by atoms with Crippen molar-refractivity contribution in [3.63, 3.8) is 0 Å². The molecule has 2 saturated carbocycles. The summed E-state index contributed by atoms with van der Waals surface area (Å²) in [7, 11) is 3.53. The quantitative estimate of drug-likeness (QED) is 0.830. The van der Waals surface area contributed by atoms with Crippen LogP contribution in [0, 0.1) is 5.92 Å². The van der Waals surface area contributed by atoms with Crippen molar-refractivity contribution >= 4 is 5.78 Å². The predicted octanol–water partition coefficient (Wildman–Crippen LogP) is 3.11. The van der Waals surface area contributed by atoms with Crippen molar-refractivity contribution in [3.8, 4) is 5.75 Å². The number of carbonyl (C=O) groups excluding carboxylic acids is 1. The normalized spacial score (nSPS) is 36.9. The van der Waals surface area contributed by atoms with Crippen LogP contribution in [0.5, 0.6) is 5.75 Å². The molecule has 4 heteroatoms. The fourth-order valence-corrected chi connectivity index (χ4v) is 6.28. The molecule has 1 aromatic carbocycles. The third kappa shape index (κ3) is 2.12. The summed E-state index contributed by atoms with van der Waals surface area (Å²) in [5.74, 6) is 1.97. The molecule has 3 aliphatic carbocycles. The Morgan fingerprint density at radius 3 is 2.92 bits per heavy atom. The highest BCUT2D eigenvalue weighted by molar-refractivity contribution is 5.83. The fourth-order valence-electron chi connectivity index (χ4n) is 6.28. The SMILES string of the molecule is [3H]c1ccc(OC)c2c1C[C@H]1N(CC3CC3)CC[C@@]23CC(=O)CC[C@@]13OC. The van der Waals surface area contributed by atoms with E-state index < -0.39 is 0 Å². The molecule has 3 atom stereocenters. The van der Waals surface area contributed by atoms with E-state index in [1.54, 1.807) is 7.11 Å². The van der Waals surface area contributed by atoms with E-state index in [-0.39, 0.29) is 17.1 Å². The molecule has 5 rings (SSSR count). The summed E-state index contributed by atoms with van der Waals surface area (Å²) in [6, 6.07) is 4.58. The minimum absolute atomic E-state index is 0.244. The maximum Gasteiger partial charge on any atom is 0.134 e. The number of ether oxygens (including phenoxy) is 2. The number of methoxy groups -OCH3 is 2. The minimum atomic E-state index is -0.363. The summed E-state index contributed by atoms with van der Waals surface area (Å²) in [5.41, 5.74) is 1.44. The molecular weight excluding hydrogens is 326 g/mol. The first-order valence-electron chi connectivity index (χ1n) is 10.5. The van der Waals surface area contributed by atoms with Crippen LogP contribution in [-0.4, -0.2) is 49.6 Å². The predicted molar refractivity (Wildman–Crippen MR) is 99.7 cm³/mol. The van der Waals surface area contributed by atoms with Gasteiger partial charge in [0.15, 0.2) is 0 Å². The molecule has 0 N–H and O–H groups in total. The monoisotopic (exact) mass is 357 g/mol. The lowest BCUT2D eigenvalue weighted by Crippen LogP contribution is -2.74. The lowest BCUT2D eigenvalue weighted by Gasteiger charge is -2.65. The lowest BCUT2D eigenvalue weighted by molar-refractivity contribution is -0.188. The van der Waals surface area contributed by atoms with Crippen molar-refractivity contribution in [2.75, 3.05) is 27.3 Å². The number of likely N-dealkylation sites (tertiary alicyclic amines) is 1. The number of piperidine rings is 1. The molecule has 0 spiro atoms. The number of hydrogen-bond donors (Lipinski definition) is 0. The van der Waals surface area contributed by atoms with E-state index in [0.717, 1.165) is 55.1 Å². The molecule has 0 unspecified atom stereocenters. The van der Waals surface area contributed by atoms with Gasteiger partial charge in [-0.25, -0.2) is 0 Å². The first-order chi connectivity index (χ1) is 13.0. The van der Waals surface area contributed by atoms with Gasteiger partial charge >= 0.3 is 0 Å². The van der Waals surface area contributed by atoms with Crippen molar-refractivity contribution in [1.82, 2.24) is 4.90 Å². The van der Waals surface area contributed by atoms with E-state index in [1.165, 1.54) is 12.8 Å². The maximum absolute atomic E-state index is 12.7. The number of rotatable bonds is 4. The smallest absolute Gasteiger partial charge is 0.134 e. The van der Waals surface area contributed by atoms with Gasteiger partial charge in [-0.05, 0) is 56.2 Å². The number of nitrogens with zero attached hydrogens (tertiary/aromatic N) is 1. The van der Waals surface area contributed by atoms with Gasteiger partial charge in [0.05, 0.1) is 14.1 Å². The van der Waals surface area contributed by atoms with Gasteiger partial charge in [0.25, 0.3) is 0 Å². The summed E-state index contributed by atoms with van der Waals surface area (Å²) < 4.78 is 20.8. The van der Waals surface area contributed by atoms with Crippen molar-refractivity contribution in [2.24, 2.45) is 5.92 Å². The van der Waals surface area contributed by atoms with Gasteiger partial charge in [0.2, 0.25) is 0 Å². The molecule has 1 aliphatic heterocycles. The van der Waals surface area contributed by atoms with E-state index in [2.05, 4.69) is 4.90 Å². The number of fused-ring (bicyclic) bond motifs is 1. The van der Waals surface area contributed by atoms with Crippen LogP contribution in [0.15, 0.2) is 18.2 Å². The van der Waals surface area contributed by atoms with Gasteiger partial charge in [-0.3, -0.25) is 9.69 Å². The number of benzene rings is 1. The van der Waals surface area contributed by atoms with E-state index in [9.17, 15) is 4.79 Å². The van der Waals surface area contributed by atoms with Crippen molar-refractivity contribution in [1.29, 1.82) is 0 Å². The highest BCUT2D eigenvalue weighted by Crippen LogP contribution is 2.61. The molecule has 1 heterocycles. The maximum atomic E-state index is 12.7. The standard InChI is InChI=1S/C22H29NO3/c1-25-18-5-3-4-16-12-19-22(26-2)9-8-17(24)13-21(22,20(16)18)10-11-23(19)14-15-6-7-15/h3-5,15,19H,6-14H2,1-2H3/t19-,21-,22-/m1/s1/i4T. The van der Waals surface area contributed by atoms with E-state index in [4.69, 9.17) is 10.8 Å². The molecule has 4 nitrogen and oxygen atoms in total. The van der Waals surface area contributed by atoms with Crippen molar-refractivity contribution < 1.29 is 15.6 Å². The van der Waals surface area contributed by atoms with Gasteiger partial charge in [0, 0.05) is 43.5 Å². The van der Waals surface area contributed by atoms with E-state index in [1.807, 2.05) is 19.2 Å². The molecule has 1 aromatic rings. The second kappa shape index (κ2) is 5.80. The highest BCUT2D eigenvalue weighted by atomic mass is 16.5. The van der Waals surface area contributed by atoms with Crippen molar-refractivity contribution in [2.45, 2.75) is 62.0 Å². The zero-order valence-electron chi connectivity index (χ0n) is 16.8. The third-order valence-corrected chi connectivity index (χ3v) is 7.58. The Morgan fingerprint density at radius 2 is 2.19 bits per heavy atom. The molecule has 2 bridgehead atoms. The number of ketones is 1. The molecule has 26 heavy (non-hydrogen) atoms. The summed E-state index contributed by atoms with van der Waals surface area (Å²) >= 11 is 0. The second-order valence-corrected chi connectivity index (χ2v) is 8.70. The van der Waals surface area contributed by atoms with Crippen LogP contribution in [0.4, 0.5) is 0 Å². The topological polar surface area (TPSA) is 38.8 Å². The van der Waals surface area contributed by atoms with Gasteiger partial charge < -0.3 is 9.47 Å². The third-order valence-electron chi connectivity index (χ3n) is 7.58. The molecular formula is C22H29NO3. The highest BCUT2D eigenvalue weighted by Gasteiger charge is 2.66. The molecule has 0 amide bonds. The van der Waals surface area contributed by atoms with Gasteiger partial charge in [-0.2, -0.15) is 0 Å². The molecule has 0 radical (unpaired) electrons. The summed E-state index contributed by atoms with van der Waals surface area (Å²) in [5, 5.41) is 0. The molecule has 1 saturated heterocycles. The van der Waals surface area contributed by atoms with Crippen LogP contribution in [0.3, 0.4) is 0 Å². The zero-order valence-corrected chi connectivity index (χ0v) is 15.8.